The molecule has 0 fully saturated rings. The van der Waals surface area contributed by atoms with Gasteiger partial charge in [0.05, 0.1) is 11.2 Å². The molecule has 0 aliphatic heterocycles. The summed E-state index contributed by atoms with van der Waals surface area (Å²) in [6, 6.07) is 15.8. The van der Waals surface area contributed by atoms with Crippen LogP contribution in [0.3, 0.4) is 0 Å². The molecule has 0 bridgehead atoms. The van der Waals surface area contributed by atoms with E-state index in [2.05, 4.69) is 10.2 Å². The Morgan fingerprint density at radius 1 is 0.857 bits per heavy atom. The SMILES string of the molecule is NC(N)=NN=Cc1c2ccccc2c(Cl)c2ccccc12. The maximum Gasteiger partial charge on any atom is 0.211 e. The molecule has 4 nitrogen and oxygen atoms in total. The average molecular weight is 297 g/mol. The third kappa shape index (κ3) is 2.41. The molecule has 0 atom stereocenters. The predicted octanol–water partition coefficient (Wildman–Crippen LogP) is 3.25. The molecule has 21 heavy (non-hydrogen) atoms. The van der Waals surface area contributed by atoms with Crippen LogP contribution in [0.1, 0.15) is 5.56 Å². The molecule has 3 rings (SSSR count). The number of halogens is 1. The molecule has 0 unspecified atom stereocenters. The summed E-state index contributed by atoms with van der Waals surface area (Å²) >= 11 is 6.52. The van der Waals surface area contributed by atoms with Gasteiger partial charge in [-0.1, -0.05) is 60.1 Å². The van der Waals surface area contributed by atoms with E-state index in [-0.39, 0.29) is 5.96 Å². The fraction of sp³-hybridized carbons (Fsp3) is 0. The van der Waals surface area contributed by atoms with E-state index >= 15 is 0 Å². The first-order valence-electron chi connectivity index (χ1n) is 6.39. The van der Waals surface area contributed by atoms with Crippen LogP contribution in [0.2, 0.25) is 5.02 Å². The van der Waals surface area contributed by atoms with E-state index in [1.165, 1.54) is 0 Å². The Labute approximate surface area is 126 Å². The van der Waals surface area contributed by atoms with Crippen LogP contribution in [-0.4, -0.2) is 12.2 Å². The zero-order valence-corrected chi connectivity index (χ0v) is 11.9. The third-order valence-electron chi connectivity index (χ3n) is 3.27. The monoisotopic (exact) mass is 296 g/mol. The lowest BCUT2D eigenvalue weighted by Crippen LogP contribution is -2.21. The van der Waals surface area contributed by atoms with Crippen molar-refractivity contribution in [3.8, 4) is 0 Å². The number of fused-ring (bicyclic) bond motifs is 2. The number of benzene rings is 3. The van der Waals surface area contributed by atoms with Crippen molar-refractivity contribution in [3.63, 3.8) is 0 Å². The van der Waals surface area contributed by atoms with E-state index in [1.807, 2.05) is 48.5 Å². The second-order valence-corrected chi connectivity index (χ2v) is 4.97. The normalized spacial score (nSPS) is 11.3. The van der Waals surface area contributed by atoms with Gasteiger partial charge >= 0.3 is 0 Å². The minimum Gasteiger partial charge on any atom is -0.369 e. The first-order valence-corrected chi connectivity index (χ1v) is 6.77. The Balaban J connectivity index is 2.40. The van der Waals surface area contributed by atoms with Crippen molar-refractivity contribution >= 4 is 45.3 Å². The quantitative estimate of drug-likeness (QED) is 0.329. The van der Waals surface area contributed by atoms with Crippen LogP contribution < -0.4 is 11.5 Å². The highest BCUT2D eigenvalue weighted by molar-refractivity contribution is 6.42. The molecular formula is C16H13ClN4. The van der Waals surface area contributed by atoms with E-state index in [0.717, 1.165) is 32.1 Å². The largest absolute Gasteiger partial charge is 0.369 e. The second-order valence-electron chi connectivity index (χ2n) is 4.59. The predicted molar refractivity (Wildman–Crippen MR) is 89.9 cm³/mol. The lowest BCUT2D eigenvalue weighted by Gasteiger charge is -2.10. The van der Waals surface area contributed by atoms with Gasteiger partial charge in [0.2, 0.25) is 5.96 Å². The Hall–Kier alpha value is -2.59. The highest BCUT2D eigenvalue weighted by Crippen LogP contribution is 2.35. The van der Waals surface area contributed by atoms with Crippen molar-refractivity contribution in [2.24, 2.45) is 21.7 Å². The molecule has 0 saturated heterocycles. The Morgan fingerprint density at radius 2 is 1.33 bits per heavy atom. The summed E-state index contributed by atoms with van der Waals surface area (Å²) in [5.41, 5.74) is 11.5. The standard InChI is InChI=1S/C16H13ClN4/c17-15-12-7-3-1-5-10(12)14(9-20-21-16(18)19)11-6-2-4-8-13(11)15/h1-9H,(H4,18,19,21). The summed E-state index contributed by atoms with van der Waals surface area (Å²) in [5.74, 6) is -0.0752. The van der Waals surface area contributed by atoms with Gasteiger partial charge in [0.1, 0.15) is 0 Å². The molecule has 4 N–H and O–H groups in total. The van der Waals surface area contributed by atoms with Crippen LogP contribution in [0.15, 0.2) is 58.7 Å². The highest BCUT2D eigenvalue weighted by Gasteiger charge is 2.10. The number of hydrogen-bond donors (Lipinski definition) is 2. The summed E-state index contributed by atoms with van der Waals surface area (Å²) in [6.07, 6.45) is 1.65. The Morgan fingerprint density at radius 3 is 1.81 bits per heavy atom. The molecule has 0 heterocycles. The summed E-state index contributed by atoms with van der Waals surface area (Å²) in [6.45, 7) is 0. The van der Waals surface area contributed by atoms with E-state index < -0.39 is 0 Å². The Bertz CT molecular complexity index is 823. The average Bonchev–Trinajstić information content (AvgIpc) is 2.50. The first-order chi connectivity index (χ1) is 10.2. The number of guanidine groups is 1. The maximum atomic E-state index is 6.52. The molecule has 0 spiro atoms. The lowest BCUT2D eigenvalue weighted by atomic mass is 9.97. The summed E-state index contributed by atoms with van der Waals surface area (Å²) in [5, 5.41) is 12.3. The smallest absolute Gasteiger partial charge is 0.211 e. The zero-order valence-electron chi connectivity index (χ0n) is 11.1. The molecule has 0 amide bonds. The van der Waals surface area contributed by atoms with E-state index in [4.69, 9.17) is 23.1 Å². The van der Waals surface area contributed by atoms with Gasteiger partial charge in [-0.25, -0.2) is 0 Å². The molecule has 3 aromatic rings. The van der Waals surface area contributed by atoms with Gasteiger partial charge in [0.15, 0.2) is 0 Å². The first kappa shape index (κ1) is 13.4. The number of nitrogens with two attached hydrogens (primary N) is 2. The number of hydrogen-bond acceptors (Lipinski definition) is 2. The van der Waals surface area contributed by atoms with Gasteiger partial charge in [-0.15, -0.1) is 5.10 Å². The maximum absolute atomic E-state index is 6.52. The third-order valence-corrected chi connectivity index (χ3v) is 3.67. The van der Waals surface area contributed by atoms with Gasteiger partial charge in [0, 0.05) is 16.3 Å². The van der Waals surface area contributed by atoms with Crippen molar-refractivity contribution < 1.29 is 0 Å². The molecule has 104 valence electrons. The number of nitrogens with zero attached hydrogens (tertiary/aromatic N) is 2. The van der Waals surface area contributed by atoms with Gasteiger partial charge < -0.3 is 11.5 Å². The fourth-order valence-corrected chi connectivity index (χ4v) is 2.73. The minimum absolute atomic E-state index is 0.0752. The summed E-state index contributed by atoms with van der Waals surface area (Å²) < 4.78 is 0. The van der Waals surface area contributed by atoms with Gasteiger partial charge in [0.25, 0.3) is 0 Å². The zero-order chi connectivity index (χ0) is 14.8. The van der Waals surface area contributed by atoms with E-state index in [9.17, 15) is 0 Å². The second kappa shape index (κ2) is 5.42. The number of rotatable bonds is 2. The van der Waals surface area contributed by atoms with E-state index in [1.54, 1.807) is 6.21 Å². The van der Waals surface area contributed by atoms with Crippen molar-refractivity contribution in [3.05, 3.63) is 59.1 Å². The topological polar surface area (TPSA) is 76.8 Å². The van der Waals surface area contributed by atoms with Crippen molar-refractivity contribution in [2.75, 3.05) is 0 Å². The molecule has 0 aliphatic rings. The van der Waals surface area contributed by atoms with Crippen LogP contribution in [0.4, 0.5) is 0 Å². The summed E-state index contributed by atoms with van der Waals surface area (Å²) in [4.78, 5) is 0. The Kier molecular flexibility index (Phi) is 3.46. The van der Waals surface area contributed by atoms with Gasteiger partial charge in [-0.05, 0) is 10.8 Å². The molecule has 0 aliphatic carbocycles. The van der Waals surface area contributed by atoms with Crippen LogP contribution in [0.25, 0.3) is 21.5 Å². The molecule has 0 radical (unpaired) electrons. The molecule has 5 heteroatoms. The van der Waals surface area contributed by atoms with Crippen molar-refractivity contribution in [2.45, 2.75) is 0 Å². The molecular weight excluding hydrogens is 284 g/mol. The molecule has 0 aromatic heterocycles. The fourth-order valence-electron chi connectivity index (χ4n) is 2.40. The van der Waals surface area contributed by atoms with Crippen LogP contribution in [0.5, 0.6) is 0 Å². The molecule has 0 saturated carbocycles. The van der Waals surface area contributed by atoms with E-state index in [0.29, 0.717) is 0 Å². The minimum atomic E-state index is -0.0752. The highest BCUT2D eigenvalue weighted by atomic mass is 35.5. The van der Waals surface area contributed by atoms with Gasteiger partial charge in [-0.3, -0.25) is 0 Å². The summed E-state index contributed by atoms with van der Waals surface area (Å²) in [7, 11) is 0. The van der Waals surface area contributed by atoms with Gasteiger partial charge in [-0.2, -0.15) is 5.10 Å². The van der Waals surface area contributed by atoms with Crippen LogP contribution in [-0.2, 0) is 0 Å². The van der Waals surface area contributed by atoms with Crippen molar-refractivity contribution in [1.82, 2.24) is 0 Å². The van der Waals surface area contributed by atoms with Crippen LogP contribution in [0, 0.1) is 0 Å². The van der Waals surface area contributed by atoms with Crippen molar-refractivity contribution in [1.29, 1.82) is 0 Å². The van der Waals surface area contributed by atoms with Crippen LogP contribution >= 0.6 is 11.6 Å². The lowest BCUT2D eigenvalue weighted by molar-refractivity contribution is 1.22. The molecule has 3 aromatic carbocycles.